The Kier molecular flexibility index (Phi) is 3.48. The van der Waals surface area contributed by atoms with Crippen LogP contribution in [0.5, 0.6) is 0 Å². The Balaban J connectivity index is 1.72. The largest absolute Gasteiger partial charge is 0.336 e. The standard InChI is InChI=1S/C12H14N4OS2/c1-8-7-14-11(19-8)15-10(17)9-3-2-5-16(9)12-13-4-6-18-12/h4,6-7,9H,2-3,5H2,1H3,(H,14,15,17)/t9-/m0/s1. The first-order valence-electron chi connectivity index (χ1n) is 6.13. The van der Waals surface area contributed by atoms with Gasteiger partial charge in [0.2, 0.25) is 5.91 Å². The van der Waals surface area contributed by atoms with E-state index < -0.39 is 0 Å². The predicted molar refractivity (Wildman–Crippen MR) is 78.0 cm³/mol. The zero-order chi connectivity index (χ0) is 13.2. The van der Waals surface area contributed by atoms with E-state index in [0.717, 1.165) is 29.4 Å². The Bertz CT molecular complexity index is 566. The summed E-state index contributed by atoms with van der Waals surface area (Å²) in [7, 11) is 0. The zero-order valence-corrected chi connectivity index (χ0v) is 12.1. The third-order valence-electron chi connectivity index (χ3n) is 3.07. The van der Waals surface area contributed by atoms with E-state index in [2.05, 4.69) is 20.2 Å². The second-order valence-electron chi connectivity index (χ2n) is 4.43. The molecule has 1 amide bonds. The van der Waals surface area contributed by atoms with Gasteiger partial charge in [-0.2, -0.15) is 0 Å². The molecule has 0 spiro atoms. The molecule has 0 aliphatic carbocycles. The van der Waals surface area contributed by atoms with Crippen molar-refractivity contribution in [2.45, 2.75) is 25.8 Å². The van der Waals surface area contributed by atoms with Crippen LogP contribution in [0, 0.1) is 6.92 Å². The summed E-state index contributed by atoms with van der Waals surface area (Å²) in [5, 5.41) is 6.44. The van der Waals surface area contributed by atoms with Crippen LogP contribution in [0.15, 0.2) is 17.8 Å². The van der Waals surface area contributed by atoms with Crippen molar-refractivity contribution in [2.24, 2.45) is 0 Å². The highest BCUT2D eigenvalue weighted by Crippen LogP contribution is 2.28. The Morgan fingerprint density at radius 1 is 1.53 bits per heavy atom. The number of anilines is 2. The van der Waals surface area contributed by atoms with Gasteiger partial charge in [0.05, 0.1) is 0 Å². The zero-order valence-electron chi connectivity index (χ0n) is 10.5. The van der Waals surface area contributed by atoms with Crippen LogP contribution in [0.4, 0.5) is 10.3 Å². The molecule has 0 unspecified atom stereocenters. The molecule has 1 aliphatic rings. The van der Waals surface area contributed by atoms with Gasteiger partial charge in [-0.25, -0.2) is 9.97 Å². The molecule has 1 aliphatic heterocycles. The number of nitrogens with zero attached hydrogens (tertiary/aromatic N) is 3. The summed E-state index contributed by atoms with van der Waals surface area (Å²) >= 11 is 3.07. The van der Waals surface area contributed by atoms with E-state index in [1.807, 2.05) is 12.3 Å². The van der Waals surface area contributed by atoms with Crippen LogP contribution in [-0.2, 0) is 4.79 Å². The van der Waals surface area contributed by atoms with Crippen LogP contribution < -0.4 is 10.2 Å². The highest BCUT2D eigenvalue weighted by atomic mass is 32.1. The Hall–Kier alpha value is -1.47. The van der Waals surface area contributed by atoms with Crippen LogP contribution in [0.2, 0.25) is 0 Å². The molecule has 1 N–H and O–H groups in total. The van der Waals surface area contributed by atoms with Gasteiger partial charge in [0.1, 0.15) is 6.04 Å². The van der Waals surface area contributed by atoms with E-state index in [0.29, 0.717) is 5.13 Å². The maximum absolute atomic E-state index is 12.3. The van der Waals surface area contributed by atoms with Crippen molar-refractivity contribution in [3.05, 3.63) is 22.7 Å². The number of carbonyl (C=O) groups excluding carboxylic acids is 1. The smallest absolute Gasteiger partial charge is 0.248 e. The molecule has 3 rings (SSSR count). The maximum atomic E-state index is 12.3. The minimum absolute atomic E-state index is 0.0158. The predicted octanol–water partition coefficient (Wildman–Crippen LogP) is 2.52. The molecular formula is C12H14N4OS2. The monoisotopic (exact) mass is 294 g/mol. The lowest BCUT2D eigenvalue weighted by molar-refractivity contribution is -0.117. The fourth-order valence-electron chi connectivity index (χ4n) is 2.23. The molecule has 5 nitrogen and oxygen atoms in total. The van der Waals surface area contributed by atoms with Gasteiger partial charge < -0.3 is 10.2 Å². The number of rotatable bonds is 3. The average Bonchev–Trinajstić information content (AvgIpc) is 3.07. The molecule has 3 heterocycles. The number of aromatic nitrogens is 2. The number of thiazole rings is 2. The molecule has 19 heavy (non-hydrogen) atoms. The number of aryl methyl sites for hydroxylation is 1. The fraction of sp³-hybridized carbons (Fsp3) is 0.417. The van der Waals surface area contributed by atoms with Gasteiger partial charge >= 0.3 is 0 Å². The first kappa shape index (κ1) is 12.6. The van der Waals surface area contributed by atoms with Crippen molar-refractivity contribution < 1.29 is 4.79 Å². The van der Waals surface area contributed by atoms with E-state index in [1.165, 1.54) is 11.3 Å². The van der Waals surface area contributed by atoms with Crippen LogP contribution in [-0.4, -0.2) is 28.5 Å². The summed E-state index contributed by atoms with van der Waals surface area (Å²) in [5.41, 5.74) is 0. The molecule has 0 aromatic carbocycles. The van der Waals surface area contributed by atoms with Crippen molar-refractivity contribution in [1.29, 1.82) is 0 Å². The molecule has 0 bridgehead atoms. The lowest BCUT2D eigenvalue weighted by Crippen LogP contribution is -2.39. The van der Waals surface area contributed by atoms with Crippen LogP contribution in [0.1, 0.15) is 17.7 Å². The Morgan fingerprint density at radius 3 is 3.11 bits per heavy atom. The third kappa shape index (κ3) is 2.62. The summed E-state index contributed by atoms with van der Waals surface area (Å²) in [6.07, 6.45) is 5.44. The van der Waals surface area contributed by atoms with Crippen molar-refractivity contribution in [2.75, 3.05) is 16.8 Å². The topological polar surface area (TPSA) is 58.1 Å². The Morgan fingerprint density at radius 2 is 2.42 bits per heavy atom. The van der Waals surface area contributed by atoms with Crippen LogP contribution >= 0.6 is 22.7 Å². The molecule has 7 heteroatoms. The highest BCUT2D eigenvalue weighted by Gasteiger charge is 2.32. The maximum Gasteiger partial charge on any atom is 0.248 e. The van der Waals surface area contributed by atoms with Crippen molar-refractivity contribution in [3.63, 3.8) is 0 Å². The number of carbonyl (C=O) groups is 1. The molecule has 100 valence electrons. The molecule has 2 aromatic heterocycles. The van der Waals surface area contributed by atoms with Crippen molar-refractivity contribution >= 4 is 38.8 Å². The molecule has 0 saturated carbocycles. The van der Waals surface area contributed by atoms with Gasteiger partial charge in [-0.1, -0.05) is 0 Å². The Labute approximate surface area is 119 Å². The van der Waals surface area contributed by atoms with E-state index in [-0.39, 0.29) is 11.9 Å². The van der Waals surface area contributed by atoms with Crippen LogP contribution in [0.25, 0.3) is 0 Å². The SMILES string of the molecule is Cc1cnc(NC(=O)[C@@H]2CCCN2c2nccs2)s1. The average molecular weight is 294 g/mol. The quantitative estimate of drug-likeness (QED) is 0.945. The minimum Gasteiger partial charge on any atom is -0.336 e. The molecule has 2 aromatic rings. The van der Waals surface area contributed by atoms with E-state index in [9.17, 15) is 4.79 Å². The van der Waals surface area contributed by atoms with Gasteiger partial charge in [0.25, 0.3) is 0 Å². The fourth-order valence-corrected chi connectivity index (χ4v) is 3.61. The number of hydrogen-bond acceptors (Lipinski definition) is 6. The second kappa shape index (κ2) is 5.26. The highest BCUT2D eigenvalue weighted by molar-refractivity contribution is 7.15. The van der Waals surface area contributed by atoms with Gasteiger partial charge in [-0.15, -0.1) is 22.7 Å². The second-order valence-corrected chi connectivity index (χ2v) is 6.54. The third-order valence-corrected chi connectivity index (χ3v) is 4.71. The minimum atomic E-state index is -0.129. The molecule has 1 fully saturated rings. The summed E-state index contributed by atoms with van der Waals surface area (Å²) in [4.78, 5) is 24.0. The summed E-state index contributed by atoms with van der Waals surface area (Å²) in [5.74, 6) is 0.0158. The van der Waals surface area contributed by atoms with Crippen molar-refractivity contribution in [3.8, 4) is 0 Å². The molecule has 1 saturated heterocycles. The van der Waals surface area contributed by atoms with Gasteiger partial charge in [-0.05, 0) is 19.8 Å². The normalized spacial score (nSPS) is 18.8. The number of hydrogen-bond donors (Lipinski definition) is 1. The lowest BCUT2D eigenvalue weighted by atomic mass is 10.2. The van der Waals surface area contributed by atoms with E-state index >= 15 is 0 Å². The molecular weight excluding hydrogens is 280 g/mol. The summed E-state index contributed by atoms with van der Waals surface area (Å²) in [6, 6.07) is -0.129. The van der Waals surface area contributed by atoms with E-state index in [1.54, 1.807) is 23.7 Å². The first-order chi connectivity index (χ1) is 9.24. The summed E-state index contributed by atoms with van der Waals surface area (Å²) < 4.78 is 0. The van der Waals surface area contributed by atoms with Gasteiger partial charge in [0, 0.05) is 29.2 Å². The van der Waals surface area contributed by atoms with Gasteiger partial charge in [0.15, 0.2) is 10.3 Å². The number of nitrogens with one attached hydrogen (secondary N) is 1. The molecule has 1 atom stereocenters. The van der Waals surface area contributed by atoms with Gasteiger partial charge in [-0.3, -0.25) is 4.79 Å². The summed E-state index contributed by atoms with van der Waals surface area (Å²) in [6.45, 7) is 2.87. The van der Waals surface area contributed by atoms with Crippen molar-refractivity contribution in [1.82, 2.24) is 9.97 Å². The number of amides is 1. The molecule has 0 radical (unpaired) electrons. The first-order valence-corrected chi connectivity index (χ1v) is 7.83. The van der Waals surface area contributed by atoms with Crippen LogP contribution in [0.3, 0.4) is 0 Å². The lowest BCUT2D eigenvalue weighted by Gasteiger charge is -2.22. The van der Waals surface area contributed by atoms with E-state index in [4.69, 9.17) is 0 Å².